The number of amides is 2. The number of rotatable bonds is 7. The van der Waals surface area contributed by atoms with Crippen LogP contribution in [0, 0.1) is 5.82 Å². The number of hydrogen-bond donors (Lipinski definition) is 3. The molecule has 4 aromatic rings. The van der Waals surface area contributed by atoms with Crippen molar-refractivity contribution >= 4 is 34.8 Å². The molecule has 0 bridgehead atoms. The molecule has 0 aliphatic carbocycles. The summed E-state index contributed by atoms with van der Waals surface area (Å²) in [7, 11) is 0. The predicted octanol–water partition coefficient (Wildman–Crippen LogP) is 7.55. The molecular formula is C31H22F7N3O2. The second kappa shape index (κ2) is 12.4. The van der Waals surface area contributed by atoms with E-state index in [1.165, 1.54) is 12.1 Å². The largest absolute Gasteiger partial charge is 0.419 e. The lowest BCUT2D eigenvalue weighted by molar-refractivity contribution is -0.140. The minimum atomic E-state index is -5.01. The molecule has 0 saturated carbocycles. The van der Waals surface area contributed by atoms with E-state index >= 15 is 0 Å². The van der Waals surface area contributed by atoms with Crippen LogP contribution in [0.1, 0.15) is 38.2 Å². The zero-order valence-corrected chi connectivity index (χ0v) is 22.0. The smallest absolute Gasteiger partial charge is 0.397 e. The number of para-hydroxylation sites is 2. The third-order valence-electron chi connectivity index (χ3n) is 6.25. The van der Waals surface area contributed by atoms with E-state index < -0.39 is 41.1 Å². The molecule has 0 radical (unpaired) electrons. The van der Waals surface area contributed by atoms with Crippen LogP contribution in [-0.2, 0) is 23.7 Å². The first-order chi connectivity index (χ1) is 20.2. The Balaban J connectivity index is 1.56. The van der Waals surface area contributed by atoms with Crippen molar-refractivity contribution in [1.82, 2.24) is 5.32 Å². The summed E-state index contributed by atoms with van der Waals surface area (Å²) in [5, 5.41) is 5.25. The van der Waals surface area contributed by atoms with E-state index in [2.05, 4.69) is 10.6 Å². The first kappa shape index (κ1) is 30.8. The Hall–Kier alpha value is -5.13. The lowest BCUT2D eigenvalue weighted by Gasteiger charge is -2.13. The Morgan fingerprint density at radius 2 is 1.40 bits per heavy atom. The van der Waals surface area contributed by atoms with Crippen LogP contribution in [0.3, 0.4) is 0 Å². The third-order valence-corrected chi connectivity index (χ3v) is 6.25. The van der Waals surface area contributed by atoms with Crippen LogP contribution >= 0.6 is 0 Å². The summed E-state index contributed by atoms with van der Waals surface area (Å²) in [6.45, 7) is -0.0957. The van der Waals surface area contributed by atoms with Gasteiger partial charge in [-0.3, -0.25) is 9.59 Å². The first-order valence-corrected chi connectivity index (χ1v) is 12.5. The van der Waals surface area contributed by atoms with Crippen LogP contribution in [0.2, 0.25) is 0 Å². The Kier molecular flexibility index (Phi) is 8.88. The van der Waals surface area contributed by atoms with Crippen molar-refractivity contribution < 1.29 is 40.3 Å². The molecule has 222 valence electrons. The minimum Gasteiger partial charge on any atom is -0.397 e. The fraction of sp³-hybridized carbons (Fsp3) is 0.0968. The highest BCUT2D eigenvalue weighted by molar-refractivity contribution is 6.24. The molecule has 0 spiro atoms. The first-order valence-electron chi connectivity index (χ1n) is 12.5. The average Bonchev–Trinajstić information content (AvgIpc) is 2.96. The maximum Gasteiger partial charge on any atom is 0.419 e. The summed E-state index contributed by atoms with van der Waals surface area (Å²) in [5.41, 5.74) is 4.44. The molecule has 5 nitrogen and oxygen atoms in total. The van der Waals surface area contributed by atoms with Crippen molar-refractivity contribution in [3.8, 4) is 0 Å². The number of carbonyl (C=O) groups is 2. The number of anilines is 2. The molecule has 0 unspecified atom stereocenters. The highest BCUT2D eigenvalue weighted by atomic mass is 19.4. The van der Waals surface area contributed by atoms with E-state index in [0.29, 0.717) is 34.6 Å². The van der Waals surface area contributed by atoms with Crippen LogP contribution in [-0.4, -0.2) is 11.8 Å². The Morgan fingerprint density at radius 3 is 2.00 bits per heavy atom. The number of nitrogen functional groups attached to an aromatic ring is 1. The number of carbonyl (C=O) groups excluding carboxylic acids is 2. The highest BCUT2D eigenvalue weighted by Crippen LogP contribution is 2.34. The summed E-state index contributed by atoms with van der Waals surface area (Å²) in [6, 6.07) is 18.4. The predicted molar refractivity (Wildman–Crippen MR) is 148 cm³/mol. The van der Waals surface area contributed by atoms with Crippen LogP contribution in [0.15, 0.2) is 91.0 Å². The second-order valence-corrected chi connectivity index (χ2v) is 9.29. The molecule has 0 aromatic heterocycles. The van der Waals surface area contributed by atoms with Gasteiger partial charge in [-0.1, -0.05) is 42.5 Å². The molecule has 2 amide bonds. The zero-order chi connectivity index (χ0) is 31.4. The van der Waals surface area contributed by atoms with Gasteiger partial charge in [0.05, 0.1) is 22.5 Å². The lowest BCUT2D eigenvalue weighted by Crippen LogP contribution is -2.24. The molecule has 4 aromatic carbocycles. The fourth-order valence-electron chi connectivity index (χ4n) is 3.99. The molecule has 0 atom stereocenters. The zero-order valence-electron chi connectivity index (χ0n) is 22.0. The van der Waals surface area contributed by atoms with Crippen molar-refractivity contribution in [1.29, 1.82) is 0 Å². The third kappa shape index (κ3) is 7.79. The number of hydrogen-bond acceptors (Lipinski definition) is 3. The van der Waals surface area contributed by atoms with Gasteiger partial charge in [-0.2, -0.15) is 26.3 Å². The molecule has 0 aliphatic heterocycles. The Bertz CT molecular complexity index is 1660. The second-order valence-electron chi connectivity index (χ2n) is 9.29. The van der Waals surface area contributed by atoms with E-state index in [0.717, 1.165) is 36.4 Å². The molecule has 0 aliphatic rings. The summed E-state index contributed by atoms with van der Waals surface area (Å²) >= 11 is 0. The van der Waals surface area contributed by atoms with Crippen molar-refractivity contribution in [2.45, 2.75) is 18.9 Å². The molecule has 0 heterocycles. The van der Waals surface area contributed by atoms with Gasteiger partial charge in [0, 0.05) is 17.7 Å². The monoisotopic (exact) mass is 601 g/mol. The Labute approximate surface area is 240 Å². The quantitative estimate of drug-likeness (QED) is 0.0885. The number of halogens is 7. The van der Waals surface area contributed by atoms with Crippen molar-refractivity contribution in [2.75, 3.05) is 11.1 Å². The maximum absolute atomic E-state index is 13.8. The van der Waals surface area contributed by atoms with E-state index in [1.807, 2.05) is 0 Å². The Morgan fingerprint density at radius 1 is 0.767 bits per heavy atom. The SMILES string of the molecule is Nc1ccccc1NC(=O)c1ccc(CNC(=O)/C(=C/c2ccc(F)c(C(F)(F)F)c2)c2ccc(C(F)(F)F)cc2)cc1. The molecular weight excluding hydrogens is 579 g/mol. The molecule has 0 fully saturated rings. The van der Waals surface area contributed by atoms with Crippen LogP contribution in [0.25, 0.3) is 11.6 Å². The van der Waals surface area contributed by atoms with Gasteiger partial charge in [0.2, 0.25) is 0 Å². The van der Waals surface area contributed by atoms with Gasteiger partial charge in [0.15, 0.2) is 0 Å². The normalized spacial score (nSPS) is 12.1. The van der Waals surface area contributed by atoms with E-state index in [9.17, 15) is 40.3 Å². The van der Waals surface area contributed by atoms with Gasteiger partial charge in [-0.15, -0.1) is 0 Å². The maximum atomic E-state index is 13.8. The van der Waals surface area contributed by atoms with Crippen LogP contribution in [0.5, 0.6) is 0 Å². The standard InChI is InChI=1S/C31H22F7N3O2/c32-25-14-7-19(16-24(25)31(36,37)38)15-23(20-10-12-22(13-11-20)30(33,34)35)29(43)40-17-18-5-8-21(9-6-18)28(42)41-27-4-2-1-3-26(27)39/h1-16H,17,39H2,(H,40,43)(H,41,42)/b23-15+. The van der Waals surface area contributed by atoms with Crippen molar-refractivity contribution in [3.63, 3.8) is 0 Å². The van der Waals surface area contributed by atoms with Gasteiger partial charge in [0.1, 0.15) is 5.82 Å². The van der Waals surface area contributed by atoms with Gasteiger partial charge in [-0.25, -0.2) is 4.39 Å². The van der Waals surface area contributed by atoms with Gasteiger partial charge in [-0.05, 0) is 71.3 Å². The molecule has 43 heavy (non-hydrogen) atoms. The van der Waals surface area contributed by atoms with E-state index in [-0.39, 0.29) is 23.2 Å². The van der Waals surface area contributed by atoms with E-state index in [1.54, 1.807) is 36.4 Å². The highest BCUT2D eigenvalue weighted by Gasteiger charge is 2.34. The summed E-state index contributed by atoms with van der Waals surface area (Å²) in [4.78, 5) is 25.7. The molecule has 4 rings (SSSR count). The van der Waals surface area contributed by atoms with E-state index in [4.69, 9.17) is 5.73 Å². The number of nitrogens with two attached hydrogens (primary N) is 1. The van der Waals surface area contributed by atoms with Gasteiger partial charge in [0.25, 0.3) is 11.8 Å². The van der Waals surface area contributed by atoms with Crippen LogP contribution < -0.4 is 16.4 Å². The van der Waals surface area contributed by atoms with Crippen molar-refractivity contribution in [2.24, 2.45) is 0 Å². The molecule has 0 saturated heterocycles. The lowest BCUT2D eigenvalue weighted by atomic mass is 9.99. The summed E-state index contributed by atoms with van der Waals surface area (Å²) in [5.74, 6) is -2.77. The van der Waals surface area contributed by atoms with Gasteiger partial charge < -0.3 is 16.4 Å². The molecule has 12 heteroatoms. The van der Waals surface area contributed by atoms with Crippen LogP contribution in [0.4, 0.5) is 42.1 Å². The van der Waals surface area contributed by atoms with Gasteiger partial charge >= 0.3 is 12.4 Å². The van der Waals surface area contributed by atoms with Crippen molar-refractivity contribution in [3.05, 3.63) is 130 Å². The topological polar surface area (TPSA) is 84.2 Å². The number of benzene rings is 4. The fourth-order valence-corrected chi connectivity index (χ4v) is 3.99. The number of nitrogens with one attached hydrogen (secondary N) is 2. The summed E-state index contributed by atoms with van der Waals surface area (Å²) in [6.07, 6.45) is -8.64. The summed E-state index contributed by atoms with van der Waals surface area (Å²) < 4.78 is 92.7. The number of alkyl halides is 6. The minimum absolute atomic E-state index is 0.0180. The average molecular weight is 602 g/mol. The molecule has 4 N–H and O–H groups in total.